The summed E-state index contributed by atoms with van der Waals surface area (Å²) in [5.74, 6) is 4.30. The number of rotatable bonds is 3. The Hall–Kier alpha value is -3.79. The summed E-state index contributed by atoms with van der Waals surface area (Å²) < 4.78 is 41.8. The highest BCUT2D eigenvalue weighted by Crippen LogP contribution is 2.26. The fraction of sp³-hybridized carbons (Fsp3) is 0.0476. The van der Waals surface area contributed by atoms with Crippen molar-refractivity contribution in [2.24, 2.45) is 5.10 Å². The van der Waals surface area contributed by atoms with Gasteiger partial charge in [-0.05, 0) is 40.5 Å². The molecule has 28 heavy (non-hydrogen) atoms. The van der Waals surface area contributed by atoms with E-state index in [-0.39, 0.29) is 5.75 Å². The summed E-state index contributed by atoms with van der Waals surface area (Å²) in [5.41, 5.74) is 2.13. The van der Waals surface area contributed by atoms with Crippen molar-refractivity contribution >= 4 is 5.90 Å². The zero-order chi connectivity index (χ0) is 20.0. The van der Waals surface area contributed by atoms with Crippen LogP contribution in [0, 0.1) is 11.8 Å². The van der Waals surface area contributed by atoms with Crippen LogP contribution >= 0.6 is 0 Å². The van der Waals surface area contributed by atoms with Crippen molar-refractivity contribution in [2.45, 2.75) is 6.36 Å². The third-order valence-corrected chi connectivity index (χ3v) is 3.53. The van der Waals surface area contributed by atoms with E-state index in [1.807, 2.05) is 0 Å². The van der Waals surface area contributed by atoms with E-state index in [2.05, 4.69) is 21.7 Å². The van der Waals surface area contributed by atoms with Crippen LogP contribution < -0.4 is 14.5 Å². The first-order valence-electron chi connectivity index (χ1n) is 8.10. The second kappa shape index (κ2) is 8.27. The number of halogens is 3. The molecule has 0 aliphatic rings. The number of ether oxygens (including phenoxy) is 1. The van der Waals surface area contributed by atoms with Gasteiger partial charge in [0.25, 0.3) is 0 Å². The first-order valence-corrected chi connectivity index (χ1v) is 8.10. The van der Waals surface area contributed by atoms with E-state index in [1.54, 1.807) is 54.9 Å². The van der Waals surface area contributed by atoms with Gasteiger partial charge in [-0.3, -0.25) is 0 Å². The van der Waals surface area contributed by atoms with E-state index >= 15 is 0 Å². The second-order valence-electron chi connectivity index (χ2n) is 5.56. The summed E-state index contributed by atoms with van der Waals surface area (Å²) in [6.07, 6.45) is -1.47. The minimum absolute atomic E-state index is 0.280. The summed E-state index contributed by atoms with van der Waals surface area (Å²) in [5, 5.41) is 15.5. The van der Waals surface area contributed by atoms with Gasteiger partial charge < -0.3 is 9.84 Å². The van der Waals surface area contributed by atoms with Gasteiger partial charge in [-0.2, -0.15) is 0 Å². The molecule has 1 aromatic heterocycles. The van der Waals surface area contributed by atoms with Crippen LogP contribution in [-0.4, -0.2) is 12.3 Å². The molecule has 1 heterocycles. The lowest BCUT2D eigenvalue weighted by molar-refractivity contribution is -0.681. The highest BCUT2D eigenvalue weighted by atomic mass is 19.4. The molecule has 2 aromatic carbocycles. The van der Waals surface area contributed by atoms with E-state index in [9.17, 15) is 18.3 Å². The van der Waals surface area contributed by atoms with Crippen molar-refractivity contribution < 1.29 is 27.7 Å². The Bertz CT molecular complexity index is 1020. The van der Waals surface area contributed by atoms with Crippen molar-refractivity contribution in [3.8, 4) is 28.7 Å². The van der Waals surface area contributed by atoms with E-state index in [0.29, 0.717) is 5.56 Å². The van der Waals surface area contributed by atoms with Gasteiger partial charge in [0.15, 0.2) is 0 Å². The van der Waals surface area contributed by atoms with Crippen LogP contribution in [0.4, 0.5) is 13.2 Å². The van der Waals surface area contributed by atoms with Gasteiger partial charge in [0.1, 0.15) is 11.6 Å². The third kappa shape index (κ3) is 5.61. The fourth-order valence-electron chi connectivity index (χ4n) is 2.31. The number of alkyl halides is 3. The first-order chi connectivity index (χ1) is 13.4. The highest BCUT2D eigenvalue weighted by Gasteiger charge is 2.30. The summed E-state index contributed by atoms with van der Waals surface area (Å²) in [4.78, 5) is 0. The maximum absolute atomic E-state index is 12.2. The maximum Gasteiger partial charge on any atom is 0.573 e. The molecule has 0 aliphatic carbocycles. The standard InChI is InChI=1S/C21H13F3N2O2/c22-21(23,24)28-19-11-9-18(10-12-19)17-7-4-16(5-8-17)6-13-20(27)25-26-14-2-1-3-15-26/h1-5,7-12,14-15H. The SMILES string of the molecule is [O-]C(C#Cc1ccc(-c2ccc(OC(F)(F)F)cc2)cc1)=N[n+]1ccccc1. The Morgan fingerprint density at radius 3 is 2.04 bits per heavy atom. The topological polar surface area (TPSA) is 48.5 Å². The molecule has 0 fully saturated rings. The summed E-state index contributed by atoms with van der Waals surface area (Å²) in [7, 11) is 0. The van der Waals surface area contributed by atoms with Gasteiger partial charge in [0, 0.05) is 17.7 Å². The number of pyridine rings is 1. The third-order valence-electron chi connectivity index (χ3n) is 3.53. The van der Waals surface area contributed by atoms with Crippen LogP contribution in [0.5, 0.6) is 5.75 Å². The molecule has 7 heteroatoms. The molecule has 0 spiro atoms. The summed E-state index contributed by atoms with van der Waals surface area (Å²) in [6, 6.07) is 17.8. The molecule has 0 atom stereocenters. The Morgan fingerprint density at radius 1 is 0.893 bits per heavy atom. The van der Waals surface area contributed by atoms with Gasteiger partial charge in [-0.15, -0.1) is 13.2 Å². The number of benzene rings is 2. The Balaban J connectivity index is 1.70. The minimum Gasteiger partial charge on any atom is -0.848 e. The largest absolute Gasteiger partial charge is 0.848 e. The fourth-order valence-corrected chi connectivity index (χ4v) is 2.31. The Labute approximate surface area is 159 Å². The summed E-state index contributed by atoms with van der Waals surface area (Å²) >= 11 is 0. The maximum atomic E-state index is 12.2. The smallest absolute Gasteiger partial charge is 0.573 e. The molecule has 0 amide bonds. The molecular formula is C21H13F3N2O2. The van der Waals surface area contributed by atoms with E-state index < -0.39 is 12.3 Å². The molecule has 4 nitrogen and oxygen atoms in total. The average molecular weight is 382 g/mol. The van der Waals surface area contributed by atoms with Crippen molar-refractivity contribution in [3.05, 3.63) is 84.7 Å². The number of aromatic nitrogens is 1. The predicted molar refractivity (Wildman–Crippen MR) is 94.9 cm³/mol. The molecule has 0 aliphatic heterocycles. The minimum atomic E-state index is -4.72. The van der Waals surface area contributed by atoms with Crippen LogP contribution in [0.15, 0.2) is 84.2 Å². The normalized spacial score (nSPS) is 11.5. The molecule has 0 N–H and O–H groups in total. The van der Waals surface area contributed by atoms with Gasteiger partial charge >= 0.3 is 6.36 Å². The summed E-state index contributed by atoms with van der Waals surface area (Å²) in [6.45, 7) is 0. The lowest BCUT2D eigenvalue weighted by Gasteiger charge is -2.09. The zero-order valence-corrected chi connectivity index (χ0v) is 14.4. The molecule has 3 rings (SSSR count). The van der Waals surface area contributed by atoms with Gasteiger partial charge in [-0.25, -0.2) is 0 Å². The van der Waals surface area contributed by atoms with Crippen molar-refractivity contribution in [1.29, 1.82) is 0 Å². The highest BCUT2D eigenvalue weighted by molar-refractivity contribution is 5.90. The number of nitrogens with zero attached hydrogens (tertiary/aromatic N) is 2. The molecule has 0 saturated heterocycles. The Morgan fingerprint density at radius 2 is 1.46 bits per heavy atom. The molecule has 0 bridgehead atoms. The van der Waals surface area contributed by atoms with Crippen molar-refractivity contribution in [1.82, 2.24) is 0 Å². The average Bonchev–Trinajstić information content (AvgIpc) is 2.67. The quantitative estimate of drug-likeness (QED) is 0.303. The van der Waals surface area contributed by atoms with Gasteiger partial charge in [0.2, 0.25) is 12.4 Å². The zero-order valence-electron chi connectivity index (χ0n) is 14.4. The monoisotopic (exact) mass is 382 g/mol. The second-order valence-corrected chi connectivity index (χ2v) is 5.56. The molecule has 140 valence electrons. The van der Waals surface area contributed by atoms with Gasteiger partial charge in [0.05, 0.1) is 0 Å². The Kier molecular flexibility index (Phi) is 5.61. The number of hydrogen-bond donors (Lipinski definition) is 0. The molecular weight excluding hydrogens is 369 g/mol. The molecule has 0 unspecified atom stereocenters. The lowest BCUT2D eigenvalue weighted by Crippen LogP contribution is -2.31. The van der Waals surface area contributed by atoms with Crippen LogP contribution in [0.2, 0.25) is 0 Å². The number of hydrogen-bond acceptors (Lipinski definition) is 3. The lowest BCUT2D eigenvalue weighted by atomic mass is 10.0. The van der Waals surface area contributed by atoms with Crippen molar-refractivity contribution in [2.75, 3.05) is 0 Å². The van der Waals surface area contributed by atoms with Crippen LogP contribution in [0.25, 0.3) is 11.1 Å². The molecule has 0 radical (unpaired) electrons. The van der Waals surface area contributed by atoms with Crippen molar-refractivity contribution in [3.63, 3.8) is 0 Å². The van der Waals surface area contributed by atoms with E-state index in [1.165, 1.54) is 28.9 Å². The predicted octanol–water partition coefficient (Wildman–Crippen LogP) is 3.11. The molecule has 3 aromatic rings. The van der Waals surface area contributed by atoms with Crippen LogP contribution in [-0.2, 0) is 0 Å². The molecule has 0 saturated carbocycles. The van der Waals surface area contributed by atoms with Crippen LogP contribution in [0.3, 0.4) is 0 Å². The van der Waals surface area contributed by atoms with E-state index in [4.69, 9.17) is 0 Å². The van der Waals surface area contributed by atoms with Crippen LogP contribution in [0.1, 0.15) is 5.56 Å². The van der Waals surface area contributed by atoms with Gasteiger partial charge in [-0.1, -0.05) is 46.8 Å². The van der Waals surface area contributed by atoms with E-state index in [0.717, 1.165) is 11.1 Å². The first kappa shape index (κ1) is 19.0.